The molecular weight excluding hydrogens is 516 g/mol. The molecule has 0 bridgehead atoms. The van der Waals surface area contributed by atoms with Gasteiger partial charge in [-0.05, 0) is 67.7 Å². The van der Waals surface area contributed by atoms with Crippen molar-refractivity contribution in [1.82, 2.24) is 4.90 Å². The van der Waals surface area contributed by atoms with Gasteiger partial charge in [0.25, 0.3) is 0 Å². The van der Waals surface area contributed by atoms with E-state index in [1.807, 2.05) is 43.3 Å². The van der Waals surface area contributed by atoms with Gasteiger partial charge in [0, 0.05) is 25.7 Å². The van der Waals surface area contributed by atoms with Crippen LogP contribution in [-0.2, 0) is 25.6 Å². The molecule has 210 valence electrons. The van der Waals surface area contributed by atoms with Crippen LogP contribution in [0, 0.1) is 23.7 Å². The van der Waals surface area contributed by atoms with Gasteiger partial charge in [-0.15, -0.1) is 0 Å². The van der Waals surface area contributed by atoms with Crippen LogP contribution < -0.4 is 16.4 Å². The number of anilines is 2. The van der Waals surface area contributed by atoms with Crippen LogP contribution >= 0.6 is 0 Å². The highest BCUT2D eigenvalue weighted by Crippen LogP contribution is 2.52. The SMILES string of the molecule is CN(C)c1ccc(-c2cc(N)c(O)c3c2C[C@@H]2C[C@@H]4C(N(C)C)C(=O)C(C(N)=O)C(=O)[C@]4(O)C(=O)C2C3=O)cc1. The van der Waals surface area contributed by atoms with Crippen LogP contribution in [0.1, 0.15) is 22.3 Å². The zero-order chi connectivity index (χ0) is 29.4. The summed E-state index contributed by atoms with van der Waals surface area (Å²) in [5.74, 6) is -11.0. The number of phenolic OH excluding ortho intramolecular Hbond substituents is 1. The van der Waals surface area contributed by atoms with Gasteiger partial charge >= 0.3 is 0 Å². The maximum atomic E-state index is 14.0. The third-order valence-corrected chi connectivity index (χ3v) is 8.79. The lowest BCUT2D eigenvalue weighted by Gasteiger charge is -2.52. The van der Waals surface area contributed by atoms with E-state index < -0.39 is 70.1 Å². The molecule has 11 nitrogen and oxygen atoms in total. The van der Waals surface area contributed by atoms with Gasteiger partial charge in [0.05, 0.1) is 23.2 Å². The second-order valence-electron chi connectivity index (χ2n) is 11.4. The highest BCUT2D eigenvalue weighted by molar-refractivity contribution is 6.32. The largest absolute Gasteiger partial charge is 0.505 e. The molecule has 2 saturated carbocycles. The topological polar surface area (TPSA) is 184 Å². The van der Waals surface area contributed by atoms with Crippen molar-refractivity contribution in [2.24, 2.45) is 29.4 Å². The summed E-state index contributed by atoms with van der Waals surface area (Å²) in [6, 6.07) is 7.97. The molecule has 0 saturated heterocycles. The Balaban J connectivity index is 1.66. The van der Waals surface area contributed by atoms with Gasteiger partial charge < -0.3 is 26.6 Å². The predicted octanol–water partition coefficient (Wildman–Crippen LogP) is 0.182. The molecule has 11 heteroatoms. The van der Waals surface area contributed by atoms with E-state index in [0.29, 0.717) is 11.1 Å². The molecule has 0 aliphatic heterocycles. The minimum atomic E-state index is -2.77. The molecule has 1 amide bonds. The van der Waals surface area contributed by atoms with Crippen LogP contribution in [0.2, 0.25) is 0 Å². The molecule has 6 N–H and O–H groups in total. The Morgan fingerprint density at radius 3 is 2.20 bits per heavy atom. The maximum Gasteiger partial charge on any atom is 0.235 e. The monoisotopic (exact) mass is 548 g/mol. The number of amides is 1. The first-order valence-corrected chi connectivity index (χ1v) is 13.0. The number of benzene rings is 2. The van der Waals surface area contributed by atoms with Gasteiger partial charge in [-0.25, -0.2) is 0 Å². The minimum absolute atomic E-state index is 0.0198. The Kier molecular flexibility index (Phi) is 6.35. The lowest BCUT2D eigenvalue weighted by atomic mass is 9.52. The number of rotatable bonds is 4. The number of nitrogen functional groups attached to an aromatic ring is 1. The molecule has 40 heavy (non-hydrogen) atoms. The fourth-order valence-corrected chi connectivity index (χ4v) is 6.89. The van der Waals surface area contributed by atoms with Crippen molar-refractivity contribution >= 4 is 40.4 Å². The Hall–Kier alpha value is -4.09. The third-order valence-electron chi connectivity index (χ3n) is 8.79. The van der Waals surface area contributed by atoms with E-state index in [1.54, 1.807) is 20.2 Å². The number of carbonyl (C=O) groups excluding carboxylic acids is 5. The first-order chi connectivity index (χ1) is 18.7. The number of nitrogens with two attached hydrogens (primary N) is 2. The summed E-state index contributed by atoms with van der Waals surface area (Å²) in [6.45, 7) is 0. The molecule has 3 aliphatic rings. The first kappa shape index (κ1) is 27.5. The van der Waals surface area contributed by atoms with Gasteiger partial charge in [-0.1, -0.05) is 12.1 Å². The van der Waals surface area contributed by atoms with Crippen molar-refractivity contribution in [3.05, 3.63) is 41.5 Å². The standard InChI is InChI=1S/C29H32N4O7/c1-32(2)14-7-5-12(6-8-14)15-11-18(30)23(34)20-16(15)9-13-10-17-22(33(3)4)25(36)21(28(31)39)27(38)29(17,40)26(37)19(13)24(20)35/h5-8,11,13,17,19,21-22,34,40H,9-10,30H2,1-4H3,(H2,31,39)/t13-,17-,19?,21?,22?,29-/m1/s1. The van der Waals surface area contributed by atoms with Crippen molar-refractivity contribution in [1.29, 1.82) is 0 Å². The molecule has 6 atom stereocenters. The number of aliphatic hydroxyl groups is 1. The summed E-state index contributed by atoms with van der Waals surface area (Å²) in [4.78, 5) is 70.0. The number of hydrogen-bond acceptors (Lipinski definition) is 10. The highest BCUT2D eigenvalue weighted by atomic mass is 16.3. The van der Waals surface area contributed by atoms with E-state index >= 15 is 0 Å². The van der Waals surface area contributed by atoms with E-state index in [0.717, 1.165) is 11.3 Å². The maximum absolute atomic E-state index is 14.0. The summed E-state index contributed by atoms with van der Waals surface area (Å²) in [7, 11) is 6.90. The Labute approximate surface area is 230 Å². The van der Waals surface area contributed by atoms with Crippen molar-refractivity contribution in [2.45, 2.75) is 24.5 Å². The Bertz CT molecular complexity index is 1480. The smallest absolute Gasteiger partial charge is 0.235 e. The molecule has 2 fully saturated rings. The number of fused-ring (bicyclic) bond motifs is 3. The number of phenols is 1. The summed E-state index contributed by atoms with van der Waals surface area (Å²) in [5, 5.41) is 22.6. The van der Waals surface area contributed by atoms with Crippen LogP contribution in [0.3, 0.4) is 0 Å². The normalized spacial score (nSPS) is 29.6. The van der Waals surface area contributed by atoms with Crippen molar-refractivity contribution in [2.75, 3.05) is 38.8 Å². The van der Waals surface area contributed by atoms with Gasteiger partial charge in [-0.2, -0.15) is 0 Å². The zero-order valence-electron chi connectivity index (χ0n) is 22.7. The number of primary amides is 1. The Morgan fingerprint density at radius 2 is 1.65 bits per heavy atom. The third kappa shape index (κ3) is 3.68. The quantitative estimate of drug-likeness (QED) is 0.233. The molecular formula is C29H32N4O7. The van der Waals surface area contributed by atoms with Gasteiger partial charge in [0.15, 0.2) is 34.7 Å². The van der Waals surface area contributed by atoms with E-state index in [9.17, 15) is 34.2 Å². The van der Waals surface area contributed by atoms with Gasteiger partial charge in [-0.3, -0.25) is 28.9 Å². The molecule has 0 heterocycles. The Morgan fingerprint density at radius 1 is 1.02 bits per heavy atom. The van der Waals surface area contributed by atoms with Crippen LogP contribution in [0.4, 0.5) is 11.4 Å². The van der Waals surface area contributed by atoms with Gasteiger partial charge in [0.2, 0.25) is 5.91 Å². The summed E-state index contributed by atoms with van der Waals surface area (Å²) >= 11 is 0. The number of aromatic hydroxyl groups is 1. The van der Waals surface area contributed by atoms with Crippen LogP contribution in [0.25, 0.3) is 11.1 Å². The fraction of sp³-hybridized carbons (Fsp3) is 0.414. The molecule has 0 radical (unpaired) electrons. The predicted molar refractivity (Wildman–Crippen MR) is 146 cm³/mol. The number of ketones is 4. The van der Waals surface area contributed by atoms with Crippen molar-refractivity contribution in [3.8, 4) is 16.9 Å². The summed E-state index contributed by atoms with van der Waals surface area (Å²) < 4.78 is 0. The highest BCUT2D eigenvalue weighted by Gasteiger charge is 2.69. The molecule has 2 aromatic rings. The van der Waals surface area contributed by atoms with E-state index in [4.69, 9.17) is 11.5 Å². The van der Waals surface area contributed by atoms with E-state index in [2.05, 4.69) is 0 Å². The summed E-state index contributed by atoms with van der Waals surface area (Å²) in [5.41, 5.74) is 11.3. The summed E-state index contributed by atoms with van der Waals surface area (Å²) in [6.07, 6.45) is 0.137. The number of carbonyl (C=O) groups is 5. The van der Waals surface area contributed by atoms with Crippen LogP contribution in [-0.4, -0.2) is 84.0 Å². The molecule has 0 aromatic heterocycles. The molecule has 3 aliphatic carbocycles. The average molecular weight is 549 g/mol. The van der Waals surface area contributed by atoms with E-state index in [-0.39, 0.29) is 24.1 Å². The number of Topliss-reactive ketones (excluding diaryl/α,β-unsaturated/α-hetero) is 4. The van der Waals surface area contributed by atoms with Crippen molar-refractivity contribution in [3.63, 3.8) is 0 Å². The second kappa shape index (κ2) is 9.24. The van der Waals surface area contributed by atoms with Crippen molar-refractivity contribution < 1.29 is 34.2 Å². The zero-order valence-corrected chi connectivity index (χ0v) is 22.7. The number of nitrogens with zero attached hydrogens (tertiary/aromatic N) is 2. The number of hydrogen-bond donors (Lipinski definition) is 4. The van der Waals surface area contributed by atoms with Crippen LogP contribution in [0.5, 0.6) is 5.75 Å². The molecule has 0 spiro atoms. The lowest BCUT2D eigenvalue weighted by molar-refractivity contribution is -0.181. The second-order valence-corrected chi connectivity index (χ2v) is 11.4. The molecule has 2 aromatic carbocycles. The first-order valence-electron chi connectivity index (χ1n) is 13.0. The molecule has 3 unspecified atom stereocenters. The fourth-order valence-electron chi connectivity index (χ4n) is 6.89. The van der Waals surface area contributed by atoms with Gasteiger partial charge in [0.1, 0.15) is 5.75 Å². The minimum Gasteiger partial charge on any atom is -0.505 e. The van der Waals surface area contributed by atoms with Crippen LogP contribution in [0.15, 0.2) is 30.3 Å². The lowest BCUT2D eigenvalue weighted by Crippen LogP contribution is -2.74. The molecule has 5 rings (SSSR count). The average Bonchev–Trinajstić information content (AvgIpc) is 2.88. The van der Waals surface area contributed by atoms with E-state index in [1.165, 1.54) is 4.90 Å². The number of likely N-dealkylation sites (N-methyl/N-ethyl adjacent to an activating group) is 1.